The molecule has 0 amide bonds. The number of nitrogens with one attached hydrogen (secondary N) is 2. The van der Waals surface area contributed by atoms with Crippen molar-refractivity contribution in [1.82, 2.24) is 9.97 Å². The Balaban J connectivity index is 1.85. The van der Waals surface area contributed by atoms with Gasteiger partial charge in [0.1, 0.15) is 17.1 Å². The molecule has 0 radical (unpaired) electrons. The predicted molar refractivity (Wildman–Crippen MR) is 115 cm³/mol. The van der Waals surface area contributed by atoms with Crippen molar-refractivity contribution < 1.29 is 17.9 Å². The molecule has 3 rings (SSSR count). The van der Waals surface area contributed by atoms with E-state index in [-0.39, 0.29) is 17.9 Å². The summed E-state index contributed by atoms with van der Waals surface area (Å²) in [5.74, 6) is 0.399. The first kappa shape index (κ1) is 21.9. The molecule has 1 aromatic heterocycles. The van der Waals surface area contributed by atoms with Gasteiger partial charge < -0.3 is 15.4 Å². The van der Waals surface area contributed by atoms with Crippen molar-refractivity contribution >= 4 is 39.1 Å². The van der Waals surface area contributed by atoms with Crippen molar-refractivity contribution in [2.75, 3.05) is 10.6 Å². The van der Waals surface area contributed by atoms with E-state index in [1.807, 2.05) is 13.8 Å². The fourth-order valence-electron chi connectivity index (χ4n) is 2.50. The van der Waals surface area contributed by atoms with Crippen molar-refractivity contribution in [1.29, 1.82) is 0 Å². The molecular weight excluding hydrogens is 461 g/mol. The number of benzene rings is 2. The number of nitrogens with zero attached hydrogens (tertiary/aromatic N) is 2. The SMILES string of the molecule is CCC(C)Oc1ccc(Nc2ncc(C(F)(F)F)c(Nc3ccccc3Br)n2)cc1. The molecule has 2 aromatic carbocycles. The Morgan fingerprint density at radius 2 is 1.77 bits per heavy atom. The number of anilines is 4. The summed E-state index contributed by atoms with van der Waals surface area (Å²) < 4.78 is 46.6. The third-order valence-corrected chi connectivity index (χ3v) is 4.94. The van der Waals surface area contributed by atoms with E-state index in [1.165, 1.54) is 0 Å². The number of rotatable bonds is 7. The molecular formula is C21H20BrF3N4O. The number of halogens is 4. The monoisotopic (exact) mass is 480 g/mol. The molecule has 0 spiro atoms. The van der Waals surface area contributed by atoms with Gasteiger partial charge in [0.05, 0.1) is 11.8 Å². The minimum Gasteiger partial charge on any atom is -0.491 e. The highest BCUT2D eigenvalue weighted by Crippen LogP contribution is 2.36. The summed E-state index contributed by atoms with van der Waals surface area (Å²) in [5.41, 5.74) is 0.124. The van der Waals surface area contributed by atoms with Crippen molar-refractivity contribution in [2.24, 2.45) is 0 Å². The topological polar surface area (TPSA) is 59.1 Å². The van der Waals surface area contributed by atoms with Gasteiger partial charge in [-0.2, -0.15) is 18.2 Å². The Morgan fingerprint density at radius 1 is 1.07 bits per heavy atom. The van der Waals surface area contributed by atoms with Gasteiger partial charge in [-0.3, -0.25) is 0 Å². The van der Waals surface area contributed by atoms with Crippen LogP contribution < -0.4 is 15.4 Å². The van der Waals surface area contributed by atoms with Crippen LogP contribution >= 0.6 is 15.9 Å². The molecule has 0 bridgehead atoms. The highest BCUT2D eigenvalue weighted by molar-refractivity contribution is 9.10. The standard InChI is InChI=1S/C21H20BrF3N4O/c1-3-13(2)30-15-10-8-14(9-11-15)27-20-26-12-16(21(23,24)25)19(29-20)28-18-7-5-4-6-17(18)22/h4-13H,3H2,1-2H3,(H2,26,27,28,29). The highest BCUT2D eigenvalue weighted by Gasteiger charge is 2.35. The van der Waals surface area contributed by atoms with E-state index in [9.17, 15) is 13.2 Å². The smallest absolute Gasteiger partial charge is 0.421 e. The van der Waals surface area contributed by atoms with E-state index in [0.29, 0.717) is 21.6 Å². The Labute approximate surface area is 180 Å². The van der Waals surface area contributed by atoms with Gasteiger partial charge in [-0.25, -0.2) is 4.98 Å². The maximum atomic E-state index is 13.4. The first-order valence-electron chi connectivity index (χ1n) is 9.25. The van der Waals surface area contributed by atoms with E-state index in [2.05, 4.69) is 36.5 Å². The van der Waals surface area contributed by atoms with Crippen molar-refractivity contribution in [3.05, 3.63) is 64.8 Å². The number of hydrogen-bond donors (Lipinski definition) is 2. The Hall–Kier alpha value is -2.81. The summed E-state index contributed by atoms with van der Waals surface area (Å²) in [6.07, 6.45) is -2.87. The molecule has 1 unspecified atom stereocenters. The van der Waals surface area contributed by atoms with Crippen LogP contribution in [-0.4, -0.2) is 16.1 Å². The van der Waals surface area contributed by atoms with Gasteiger partial charge in [-0.15, -0.1) is 0 Å². The molecule has 1 heterocycles. The zero-order valence-corrected chi connectivity index (χ0v) is 17.9. The van der Waals surface area contributed by atoms with Gasteiger partial charge in [0.25, 0.3) is 0 Å². The number of hydrogen-bond acceptors (Lipinski definition) is 5. The molecule has 158 valence electrons. The van der Waals surface area contributed by atoms with Crippen LogP contribution in [0.4, 0.5) is 36.3 Å². The molecule has 1 atom stereocenters. The van der Waals surface area contributed by atoms with Gasteiger partial charge in [-0.1, -0.05) is 19.1 Å². The van der Waals surface area contributed by atoms with Crippen LogP contribution in [0.5, 0.6) is 5.75 Å². The van der Waals surface area contributed by atoms with Gasteiger partial charge >= 0.3 is 6.18 Å². The average molecular weight is 481 g/mol. The van der Waals surface area contributed by atoms with Crippen molar-refractivity contribution in [3.63, 3.8) is 0 Å². The van der Waals surface area contributed by atoms with Crippen LogP contribution in [0.15, 0.2) is 59.2 Å². The second-order valence-electron chi connectivity index (χ2n) is 6.54. The zero-order valence-electron chi connectivity index (χ0n) is 16.3. The van der Waals surface area contributed by atoms with Crippen LogP contribution in [-0.2, 0) is 6.18 Å². The molecule has 0 saturated heterocycles. The summed E-state index contributed by atoms with van der Waals surface area (Å²) in [7, 11) is 0. The average Bonchev–Trinajstić information content (AvgIpc) is 2.70. The minimum absolute atomic E-state index is 0.0353. The number of alkyl halides is 3. The molecule has 2 N–H and O–H groups in total. The second kappa shape index (κ2) is 9.34. The Kier molecular flexibility index (Phi) is 6.81. The summed E-state index contributed by atoms with van der Waals surface area (Å²) >= 11 is 3.32. The lowest BCUT2D eigenvalue weighted by molar-refractivity contribution is -0.137. The lowest BCUT2D eigenvalue weighted by Gasteiger charge is -2.16. The maximum Gasteiger partial charge on any atom is 0.421 e. The normalized spacial score (nSPS) is 12.3. The quantitative estimate of drug-likeness (QED) is 0.384. The number of para-hydroxylation sites is 1. The molecule has 30 heavy (non-hydrogen) atoms. The van der Waals surface area contributed by atoms with Gasteiger partial charge in [0, 0.05) is 16.4 Å². The summed E-state index contributed by atoms with van der Waals surface area (Å²) in [4.78, 5) is 7.87. The number of ether oxygens (including phenoxy) is 1. The van der Waals surface area contributed by atoms with E-state index >= 15 is 0 Å². The molecule has 0 aliphatic heterocycles. The van der Waals surface area contributed by atoms with Crippen LogP contribution in [0.25, 0.3) is 0 Å². The largest absolute Gasteiger partial charge is 0.491 e. The zero-order chi connectivity index (χ0) is 21.7. The molecule has 9 heteroatoms. The van der Waals surface area contributed by atoms with Crippen LogP contribution in [0.3, 0.4) is 0 Å². The van der Waals surface area contributed by atoms with E-state index in [4.69, 9.17) is 4.74 Å². The Bertz CT molecular complexity index is 996. The van der Waals surface area contributed by atoms with Crippen LogP contribution in [0, 0.1) is 0 Å². The van der Waals surface area contributed by atoms with Crippen LogP contribution in [0.2, 0.25) is 0 Å². The molecule has 0 aliphatic rings. The van der Waals surface area contributed by atoms with E-state index in [1.54, 1.807) is 48.5 Å². The molecule has 5 nitrogen and oxygen atoms in total. The molecule has 0 aliphatic carbocycles. The fourth-order valence-corrected chi connectivity index (χ4v) is 2.88. The summed E-state index contributed by atoms with van der Waals surface area (Å²) in [6, 6.07) is 13.9. The van der Waals surface area contributed by atoms with E-state index in [0.717, 1.165) is 12.6 Å². The van der Waals surface area contributed by atoms with Gasteiger partial charge in [0.2, 0.25) is 5.95 Å². The summed E-state index contributed by atoms with van der Waals surface area (Å²) in [5, 5.41) is 5.65. The van der Waals surface area contributed by atoms with Crippen LogP contribution in [0.1, 0.15) is 25.8 Å². The lowest BCUT2D eigenvalue weighted by atomic mass is 10.2. The molecule has 0 fully saturated rings. The third kappa shape index (κ3) is 5.63. The maximum absolute atomic E-state index is 13.4. The Morgan fingerprint density at radius 3 is 2.40 bits per heavy atom. The van der Waals surface area contributed by atoms with Crippen molar-refractivity contribution in [3.8, 4) is 5.75 Å². The molecule has 0 saturated carbocycles. The first-order chi connectivity index (χ1) is 14.3. The third-order valence-electron chi connectivity index (χ3n) is 4.24. The van der Waals surface area contributed by atoms with Gasteiger partial charge in [-0.05, 0) is 65.7 Å². The molecule has 3 aromatic rings. The van der Waals surface area contributed by atoms with Gasteiger partial charge in [0.15, 0.2) is 0 Å². The number of aromatic nitrogens is 2. The second-order valence-corrected chi connectivity index (χ2v) is 7.40. The fraction of sp³-hybridized carbons (Fsp3) is 0.238. The van der Waals surface area contributed by atoms with E-state index < -0.39 is 11.7 Å². The van der Waals surface area contributed by atoms with Crippen molar-refractivity contribution in [2.45, 2.75) is 32.5 Å². The first-order valence-corrected chi connectivity index (χ1v) is 10.0. The lowest BCUT2D eigenvalue weighted by Crippen LogP contribution is -2.13. The summed E-state index contributed by atoms with van der Waals surface area (Å²) in [6.45, 7) is 4.00. The predicted octanol–water partition coefficient (Wildman–Crippen LogP) is 6.92. The highest BCUT2D eigenvalue weighted by atomic mass is 79.9. The minimum atomic E-state index is -4.60.